The second-order valence-electron chi connectivity index (χ2n) is 16.3. The maximum Gasteiger partial charge on any atom is 0.143 e. The van der Waals surface area contributed by atoms with E-state index >= 15 is 0 Å². The lowest BCUT2D eigenvalue weighted by Crippen LogP contribution is -1.89. The number of fused-ring (bicyclic) bond motifs is 5. The number of unbranched alkanes of at least 4 members (excludes halogenated alkanes) is 18. The molecule has 6 rings (SSSR count). The highest BCUT2D eigenvalue weighted by Gasteiger charge is 2.25. The zero-order valence-electron chi connectivity index (χ0n) is 34.3. The monoisotopic (exact) mass is 725 g/mol. The molecule has 6 aromatic rings. The first kappa shape index (κ1) is 39.9. The lowest BCUT2D eigenvalue weighted by Gasteiger charge is -2.09. The van der Waals surface area contributed by atoms with Crippen LogP contribution in [0.2, 0.25) is 0 Å². The number of rotatable bonds is 24. The molecule has 0 aliphatic carbocycles. The molecule has 0 amide bonds. The third kappa shape index (κ3) is 9.90. The first-order chi connectivity index (χ1) is 26.6. The molecule has 288 valence electrons. The second-order valence-corrected chi connectivity index (χ2v) is 16.3. The largest absolute Gasteiger partial charge is 0.460 e. The predicted octanol–water partition coefficient (Wildman–Crippen LogP) is 17.2. The second kappa shape index (κ2) is 20.8. The van der Waals surface area contributed by atoms with Crippen molar-refractivity contribution in [3.63, 3.8) is 0 Å². The van der Waals surface area contributed by atoms with Gasteiger partial charge in [0.2, 0.25) is 0 Å². The SMILES string of the molecule is CCCCCCCCCCCCc1oc2c(cc(C)c3c4oc(CCCCCCCCCCCC)c(-c5ccccc5)c4cc(C)c23)c1-c1ccccc1. The van der Waals surface area contributed by atoms with Gasteiger partial charge in [0, 0.05) is 45.5 Å². The van der Waals surface area contributed by atoms with Crippen LogP contribution in [-0.4, -0.2) is 0 Å². The Hall–Kier alpha value is -3.78. The molecule has 0 atom stereocenters. The van der Waals surface area contributed by atoms with Crippen molar-refractivity contribution in [3.8, 4) is 22.3 Å². The van der Waals surface area contributed by atoms with Gasteiger partial charge in [-0.25, -0.2) is 0 Å². The van der Waals surface area contributed by atoms with E-state index in [-0.39, 0.29) is 0 Å². The third-order valence-electron chi connectivity index (χ3n) is 11.9. The molecule has 4 aromatic carbocycles. The highest BCUT2D eigenvalue weighted by Crippen LogP contribution is 2.46. The molecule has 0 N–H and O–H groups in total. The van der Waals surface area contributed by atoms with Gasteiger partial charge in [0.15, 0.2) is 0 Å². The van der Waals surface area contributed by atoms with Crippen LogP contribution in [0.1, 0.15) is 165 Å². The number of aryl methyl sites for hydroxylation is 4. The van der Waals surface area contributed by atoms with Gasteiger partial charge in [0.1, 0.15) is 22.7 Å². The fourth-order valence-electron chi connectivity index (χ4n) is 8.93. The maximum atomic E-state index is 7.05. The van der Waals surface area contributed by atoms with Crippen LogP contribution in [0.5, 0.6) is 0 Å². The van der Waals surface area contributed by atoms with E-state index in [1.54, 1.807) is 0 Å². The smallest absolute Gasteiger partial charge is 0.143 e. The Bertz CT molecular complexity index is 1860. The molecule has 2 nitrogen and oxygen atoms in total. The van der Waals surface area contributed by atoms with Crippen molar-refractivity contribution in [2.45, 2.75) is 169 Å². The Labute approximate surface area is 327 Å². The summed E-state index contributed by atoms with van der Waals surface area (Å²) in [6.45, 7) is 9.14. The van der Waals surface area contributed by atoms with Gasteiger partial charge in [0.25, 0.3) is 0 Å². The van der Waals surface area contributed by atoms with Gasteiger partial charge < -0.3 is 8.83 Å². The van der Waals surface area contributed by atoms with Crippen LogP contribution in [0.15, 0.2) is 81.6 Å². The minimum atomic E-state index is 0.971. The highest BCUT2D eigenvalue weighted by atomic mass is 16.3. The molecule has 0 aliphatic rings. The zero-order chi connectivity index (χ0) is 37.5. The number of hydrogen-bond acceptors (Lipinski definition) is 2. The van der Waals surface area contributed by atoms with Crippen LogP contribution in [0.25, 0.3) is 55.0 Å². The van der Waals surface area contributed by atoms with E-state index in [1.807, 2.05) is 0 Å². The predicted molar refractivity (Wildman–Crippen MR) is 235 cm³/mol. The van der Waals surface area contributed by atoms with Gasteiger partial charge in [-0.1, -0.05) is 190 Å². The summed E-state index contributed by atoms with van der Waals surface area (Å²) in [7, 11) is 0. The molecular weight excluding hydrogens is 657 g/mol. The molecule has 2 heterocycles. The van der Waals surface area contributed by atoms with Gasteiger partial charge in [-0.2, -0.15) is 0 Å². The van der Waals surface area contributed by atoms with Crippen LogP contribution in [0.3, 0.4) is 0 Å². The van der Waals surface area contributed by atoms with E-state index in [9.17, 15) is 0 Å². The van der Waals surface area contributed by atoms with Crippen molar-refractivity contribution in [1.29, 1.82) is 0 Å². The molecule has 0 spiro atoms. The van der Waals surface area contributed by atoms with E-state index < -0.39 is 0 Å². The molecule has 0 bridgehead atoms. The Morgan fingerprint density at radius 1 is 0.389 bits per heavy atom. The molecule has 2 aromatic heterocycles. The Balaban J connectivity index is 1.28. The molecule has 0 saturated heterocycles. The summed E-state index contributed by atoms with van der Waals surface area (Å²) in [6.07, 6.45) is 28.7. The van der Waals surface area contributed by atoms with Crippen LogP contribution in [0, 0.1) is 13.8 Å². The minimum absolute atomic E-state index is 0.971. The summed E-state index contributed by atoms with van der Waals surface area (Å²) in [5.74, 6) is 2.27. The van der Waals surface area contributed by atoms with E-state index in [2.05, 4.69) is 100 Å². The Morgan fingerprint density at radius 2 is 0.704 bits per heavy atom. The van der Waals surface area contributed by atoms with Crippen molar-refractivity contribution >= 4 is 32.7 Å². The summed E-state index contributed by atoms with van der Waals surface area (Å²) < 4.78 is 14.1. The molecule has 0 unspecified atom stereocenters. The van der Waals surface area contributed by atoms with Crippen molar-refractivity contribution in [2.75, 3.05) is 0 Å². The lowest BCUT2D eigenvalue weighted by molar-refractivity contribution is 0.517. The average molecular weight is 725 g/mol. The quantitative estimate of drug-likeness (QED) is 0.0581. The standard InChI is InChI=1S/C52H68O2/c1-5-7-9-11-13-15-17-19-21-29-35-45-49(41-31-25-23-26-32-41)43-37-39(3)48-47(51(43)53-45)40(4)38-44-50(42-33-27-24-28-34-42)46(54-52(44)48)36-30-22-20-18-16-14-12-10-8-6-2/h23-28,31-34,37-38H,5-22,29-30,35-36H2,1-4H3. The maximum absolute atomic E-state index is 7.05. The van der Waals surface area contributed by atoms with Crippen LogP contribution in [-0.2, 0) is 12.8 Å². The molecule has 0 saturated carbocycles. The average Bonchev–Trinajstić information content (AvgIpc) is 3.74. The van der Waals surface area contributed by atoms with E-state index in [4.69, 9.17) is 8.83 Å². The third-order valence-corrected chi connectivity index (χ3v) is 11.9. The van der Waals surface area contributed by atoms with Gasteiger partial charge in [-0.15, -0.1) is 0 Å². The van der Waals surface area contributed by atoms with Crippen molar-refractivity contribution in [2.24, 2.45) is 0 Å². The summed E-state index contributed by atoms with van der Waals surface area (Å²) in [4.78, 5) is 0. The van der Waals surface area contributed by atoms with Crippen molar-refractivity contribution in [1.82, 2.24) is 0 Å². The Kier molecular flexibility index (Phi) is 15.4. The zero-order valence-corrected chi connectivity index (χ0v) is 34.3. The lowest BCUT2D eigenvalue weighted by atomic mass is 9.91. The summed E-state index contributed by atoms with van der Waals surface area (Å²) in [5, 5.41) is 4.89. The molecular formula is C52H68O2. The fraction of sp³-hybridized carbons (Fsp3) is 0.500. The fourth-order valence-corrected chi connectivity index (χ4v) is 8.93. The van der Waals surface area contributed by atoms with Crippen LogP contribution in [0.4, 0.5) is 0 Å². The first-order valence-electron chi connectivity index (χ1n) is 22.2. The molecule has 0 radical (unpaired) electrons. The Morgan fingerprint density at radius 3 is 1.04 bits per heavy atom. The van der Waals surface area contributed by atoms with Crippen molar-refractivity contribution in [3.05, 3.63) is 95.4 Å². The van der Waals surface area contributed by atoms with Crippen LogP contribution < -0.4 is 0 Å². The molecule has 0 aliphatic heterocycles. The number of benzene rings is 4. The topological polar surface area (TPSA) is 26.3 Å². The van der Waals surface area contributed by atoms with Crippen LogP contribution >= 0.6 is 0 Å². The van der Waals surface area contributed by atoms with E-state index in [0.29, 0.717) is 0 Å². The minimum Gasteiger partial charge on any atom is -0.460 e. The summed E-state index contributed by atoms with van der Waals surface area (Å²) >= 11 is 0. The van der Waals surface area contributed by atoms with Gasteiger partial charge >= 0.3 is 0 Å². The van der Waals surface area contributed by atoms with Crippen molar-refractivity contribution < 1.29 is 8.83 Å². The summed E-state index contributed by atoms with van der Waals surface area (Å²) in [6, 6.07) is 26.6. The normalized spacial score (nSPS) is 11.9. The summed E-state index contributed by atoms with van der Waals surface area (Å²) in [5.41, 5.74) is 9.60. The number of hydrogen-bond donors (Lipinski definition) is 0. The number of furan rings is 2. The molecule has 0 fully saturated rings. The van der Waals surface area contributed by atoms with E-state index in [1.165, 1.54) is 171 Å². The van der Waals surface area contributed by atoms with Gasteiger partial charge in [0.05, 0.1) is 0 Å². The molecule has 2 heteroatoms. The molecule has 54 heavy (non-hydrogen) atoms. The van der Waals surface area contributed by atoms with Gasteiger partial charge in [-0.3, -0.25) is 0 Å². The van der Waals surface area contributed by atoms with Gasteiger partial charge in [-0.05, 0) is 61.1 Å². The first-order valence-corrected chi connectivity index (χ1v) is 22.2. The highest BCUT2D eigenvalue weighted by molar-refractivity contribution is 6.21. The van der Waals surface area contributed by atoms with E-state index in [0.717, 1.165) is 48.4 Å².